The van der Waals surface area contributed by atoms with Gasteiger partial charge in [0.05, 0.1) is 17.3 Å². The molecule has 0 saturated carbocycles. The zero-order valence-corrected chi connectivity index (χ0v) is 20.7. The number of primary amides is 1. The number of hydrogen-bond donors (Lipinski definition) is 3. The van der Waals surface area contributed by atoms with Gasteiger partial charge in [0, 0.05) is 36.1 Å². The Labute approximate surface area is 213 Å². The van der Waals surface area contributed by atoms with Crippen molar-refractivity contribution >= 4 is 43.9 Å². The van der Waals surface area contributed by atoms with E-state index in [-0.39, 0.29) is 5.82 Å². The second-order valence-corrected chi connectivity index (χ2v) is 10.7. The molecule has 5 rings (SSSR count). The quantitative estimate of drug-likeness (QED) is 0.356. The minimum absolute atomic E-state index is 0.0708. The lowest BCUT2D eigenvalue weighted by Crippen LogP contribution is -2.33. The van der Waals surface area contributed by atoms with Crippen LogP contribution in [0.3, 0.4) is 0 Å². The van der Waals surface area contributed by atoms with Gasteiger partial charge in [-0.2, -0.15) is 9.57 Å². The summed E-state index contributed by atoms with van der Waals surface area (Å²) in [4.78, 5) is 23.6. The number of nitrogens with one attached hydrogen (secondary N) is 2. The second-order valence-electron chi connectivity index (χ2n) is 8.68. The first kappa shape index (κ1) is 24.2. The zero-order chi connectivity index (χ0) is 26.2. The highest BCUT2D eigenvalue weighted by molar-refractivity contribution is 7.88. The molecule has 1 aliphatic heterocycles. The summed E-state index contributed by atoms with van der Waals surface area (Å²) < 4.78 is 25.2. The molecule has 2 aromatic heterocycles. The number of fused-ring (bicyclic) bond motifs is 1. The van der Waals surface area contributed by atoms with E-state index in [0.717, 1.165) is 33.5 Å². The molecule has 11 heteroatoms. The molecule has 10 nitrogen and oxygen atoms in total. The fourth-order valence-corrected chi connectivity index (χ4v) is 5.21. The Morgan fingerprint density at radius 3 is 2.76 bits per heavy atom. The summed E-state index contributed by atoms with van der Waals surface area (Å²) in [5.74, 6) is 0.0222. The summed E-state index contributed by atoms with van der Waals surface area (Å²) >= 11 is 0. The van der Waals surface area contributed by atoms with Crippen LogP contribution in [0.4, 0.5) is 11.5 Å². The van der Waals surface area contributed by atoms with Gasteiger partial charge in [-0.05, 0) is 53.5 Å². The molecule has 1 amide bonds. The fraction of sp³-hybridized carbons (Fsp3) is 0.154. The van der Waals surface area contributed by atoms with Crippen molar-refractivity contribution in [2.24, 2.45) is 5.73 Å². The van der Waals surface area contributed by atoms with Crippen LogP contribution in [-0.4, -0.2) is 52.9 Å². The molecule has 0 radical (unpaired) electrons. The molecule has 1 aliphatic rings. The van der Waals surface area contributed by atoms with Crippen molar-refractivity contribution in [1.82, 2.24) is 19.3 Å². The average Bonchev–Trinajstić information content (AvgIpc) is 3.33. The number of nitrogens with two attached hydrogens (primary N) is 1. The van der Waals surface area contributed by atoms with Crippen LogP contribution in [0, 0.1) is 11.3 Å². The molecule has 3 heterocycles. The Kier molecular flexibility index (Phi) is 6.20. The Morgan fingerprint density at radius 2 is 2.05 bits per heavy atom. The summed E-state index contributed by atoms with van der Waals surface area (Å²) in [6.45, 7) is 0.684. The van der Waals surface area contributed by atoms with E-state index in [2.05, 4.69) is 20.3 Å². The van der Waals surface area contributed by atoms with E-state index < -0.39 is 15.9 Å². The van der Waals surface area contributed by atoms with Gasteiger partial charge in [0.25, 0.3) is 5.91 Å². The van der Waals surface area contributed by atoms with Gasteiger partial charge in [0.15, 0.2) is 0 Å². The van der Waals surface area contributed by atoms with E-state index in [0.29, 0.717) is 36.4 Å². The van der Waals surface area contributed by atoms with Crippen LogP contribution in [-0.2, 0) is 10.0 Å². The molecule has 0 spiro atoms. The number of aromatic nitrogens is 3. The maximum Gasteiger partial charge on any atom is 0.250 e. The van der Waals surface area contributed by atoms with Gasteiger partial charge in [-0.1, -0.05) is 24.3 Å². The number of anilines is 2. The van der Waals surface area contributed by atoms with Crippen molar-refractivity contribution in [2.45, 2.75) is 6.42 Å². The number of amides is 1. The molecule has 0 bridgehead atoms. The monoisotopic (exact) mass is 513 g/mol. The summed E-state index contributed by atoms with van der Waals surface area (Å²) in [7, 11) is -3.26. The van der Waals surface area contributed by atoms with Gasteiger partial charge in [-0.3, -0.25) is 4.79 Å². The minimum Gasteiger partial charge on any atom is -0.366 e. The summed E-state index contributed by atoms with van der Waals surface area (Å²) in [5, 5.41) is 13.1. The number of nitriles is 1. The van der Waals surface area contributed by atoms with Crippen molar-refractivity contribution in [1.29, 1.82) is 5.26 Å². The fourth-order valence-electron chi connectivity index (χ4n) is 4.44. The van der Waals surface area contributed by atoms with Gasteiger partial charge < -0.3 is 16.0 Å². The number of rotatable bonds is 6. The number of benzene rings is 2. The van der Waals surface area contributed by atoms with Gasteiger partial charge in [0.2, 0.25) is 15.8 Å². The number of carbonyl (C=O) groups excluding carboxylic acids is 1. The van der Waals surface area contributed by atoms with Crippen molar-refractivity contribution in [3.05, 3.63) is 77.9 Å². The van der Waals surface area contributed by atoms with Crippen molar-refractivity contribution < 1.29 is 13.2 Å². The van der Waals surface area contributed by atoms with Gasteiger partial charge in [-0.15, -0.1) is 0 Å². The number of aromatic amines is 1. The number of sulfonamides is 1. The second kappa shape index (κ2) is 9.50. The van der Waals surface area contributed by atoms with E-state index in [1.54, 1.807) is 12.1 Å². The van der Waals surface area contributed by atoms with E-state index in [4.69, 9.17) is 11.0 Å². The minimum atomic E-state index is -3.26. The van der Waals surface area contributed by atoms with Crippen LogP contribution in [0.15, 0.2) is 60.8 Å². The Bertz CT molecular complexity index is 1720. The molecule has 0 aliphatic carbocycles. The lowest BCUT2D eigenvalue weighted by atomic mass is 9.98. The Hall–Kier alpha value is -4.53. The number of nitrogens with zero attached hydrogens (tertiary/aromatic N) is 4. The Balaban J connectivity index is 1.54. The van der Waals surface area contributed by atoms with Gasteiger partial charge >= 0.3 is 0 Å². The lowest BCUT2D eigenvalue weighted by molar-refractivity contribution is 0.100. The first-order valence-corrected chi connectivity index (χ1v) is 13.3. The largest absolute Gasteiger partial charge is 0.366 e. The molecule has 37 heavy (non-hydrogen) atoms. The topological polar surface area (TPSA) is 158 Å². The molecule has 186 valence electrons. The van der Waals surface area contributed by atoms with Crippen LogP contribution < -0.4 is 11.1 Å². The molecule has 4 N–H and O–H groups in total. The highest BCUT2D eigenvalue weighted by atomic mass is 32.2. The first-order valence-electron chi connectivity index (χ1n) is 11.4. The van der Waals surface area contributed by atoms with E-state index >= 15 is 0 Å². The predicted molar refractivity (Wildman–Crippen MR) is 141 cm³/mol. The van der Waals surface area contributed by atoms with Gasteiger partial charge in [0.1, 0.15) is 11.9 Å². The molecular formula is C26H23N7O3S. The summed E-state index contributed by atoms with van der Waals surface area (Å²) in [6.07, 6.45) is 5.15. The third-order valence-corrected chi connectivity index (χ3v) is 7.52. The zero-order valence-electron chi connectivity index (χ0n) is 19.9. The average molecular weight is 514 g/mol. The molecule has 0 saturated heterocycles. The van der Waals surface area contributed by atoms with E-state index in [1.165, 1.54) is 16.8 Å². The van der Waals surface area contributed by atoms with Crippen LogP contribution in [0.1, 0.15) is 28.3 Å². The van der Waals surface area contributed by atoms with Crippen LogP contribution in [0.25, 0.3) is 27.6 Å². The summed E-state index contributed by atoms with van der Waals surface area (Å²) in [5.41, 5.74) is 11.0. The molecule has 0 atom stereocenters. The smallest absolute Gasteiger partial charge is 0.250 e. The highest BCUT2D eigenvalue weighted by Crippen LogP contribution is 2.35. The van der Waals surface area contributed by atoms with Crippen LogP contribution in [0.2, 0.25) is 0 Å². The molecule has 0 unspecified atom stereocenters. The van der Waals surface area contributed by atoms with Gasteiger partial charge in [-0.25, -0.2) is 18.4 Å². The van der Waals surface area contributed by atoms with Crippen molar-refractivity contribution in [3.63, 3.8) is 0 Å². The van der Waals surface area contributed by atoms with E-state index in [1.807, 2.05) is 48.5 Å². The molecule has 2 aromatic carbocycles. The predicted octanol–water partition coefficient (Wildman–Crippen LogP) is 3.39. The first-order chi connectivity index (χ1) is 17.7. The Morgan fingerprint density at radius 1 is 1.22 bits per heavy atom. The number of hydrogen-bond acceptors (Lipinski definition) is 7. The molecule has 0 fully saturated rings. The third kappa shape index (κ3) is 4.93. The van der Waals surface area contributed by atoms with E-state index in [9.17, 15) is 13.2 Å². The maximum atomic E-state index is 12.2. The molecular weight excluding hydrogens is 490 g/mol. The van der Waals surface area contributed by atoms with Crippen molar-refractivity contribution in [3.8, 4) is 17.2 Å². The lowest BCUT2D eigenvalue weighted by Gasteiger charge is -2.23. The van der Waals surface area contributed by atoms with Crippen molar-refractivity contribution in [2.75, 3.05) is 24.7 Å². The standard InChI is InChI=1S/C26H23N7O3S/c1-37(35,36)33-11-8-16(9-12-33)22-14-21-19(5-6-20(26(28)34)25(21)31-22)17-3-2-4-18(13-17)30-23-7-10-29-24(15-27)32-23/h2-8,10,13-14,31H,9,11-12H2,1H3,(H2,28,34)(H,29,30,32). The summed E-state index contributed by atoms with van der Waals surface area (Å²) in [6, 6.07) is 16.8. The maximum absolute atomic E-state index is 12.2. The third-order valence-electron chi connectivity index (χ3n) is 6.25. The molecule has 4 aromatic rings. The van der Waals surface area contributed by atoms with Crippen LogP contribution in [0.5, 0.6) is 0 Å². The number of carbonyl (C=O) groups is 1. The normalized spacial score (nSPS) is 14.2. The van der Waals surface area contributed by atoms with Crippen LogP contribution >= 0.6 is 0 Å². The SMILES string of the molecule is CS(=O)(=O)N1CC=C(c2cc3c(-c4cccc(Nc5ccnc(C#N)n5)c4)ccc(C(N)=O)c3[nH]2)CC1. The highest BCUT2D eigenvalue weighted by Gasteiger charge is 2.22. The number of H-pyrrole nitrogens is 1.